The highest BCUT2D eigenvalue weighted by Gasteiger charge is 2.42. The quantitative estimate of drug-likeness (QED) is 0.860. The summed E-state index contributed by atoms with van der Waals surface area (Å²) >= 11 is 0. The second-order valence-corrected chi connectivity index (χ2v) is 6.60. The van der Waals surface area contributed by atoms with Crippen molar-refractivity contribution in [1.29, 1.82) is 0 Å². The van der Waals surface area contributed by atoms with Crippen LogP contribution >= 0.6 is 0 Å². The molecule has 1 saturated carbocycles. The molecule has 20 heavy (non-hydrogen) atoms. The minimum atomic E-state index is -0.366. The van der Waals surface area contributed by atoms with Gasteiger partial charge in [-0.05, 0) is 44.4 Å². The van der Waals surface area contributed by atoms with Gasteiger partial charge in [0.1, 0.15) is 0 Å². The molecule has 2 rings (SSSR count). The van der Waals surface area contributed by atoms with Crippen LogP contribution in [0.15, 0.2) is 0 Å². The highest BCUT2D eigenvalue weighted by molar-refractivity contribution is 5.83. The van der Waals surface area contributed by atoms with Gasteiger partial charge in [0, 0.05) is 32.8 Å². The molecule has 116 valence electrons. The van der Waals surface area contributed by atoms with Gasteiger partial charge in [-0.3, -0.25) is 4.79 Å². The van der Waals surface area contributed by atoms with E-state index in [9.17, 15) is 4.79 Å². The monoisotopic (exact) mass is 282 g/mol. The van der Waals surface area contributed by atoms with Crippen LogP contribution in [0.5, 0.6) is 0 Å². The average Bonchev–Trinajstić information content (AvgIpc) is 2.54. The molecule has 0 aromatic carbocycles. The summed E-state index contributed by atoms with van der Waals surface area (Å²) in [6.45, 7) is 4.05. The van der Waals surface area contributed by atoms with Crippen molar-refractivity contribution in [2.45, 2.75) is 57.9 Å². The standard InChI is InChI=1S/C16H30N2O2/c1-3-13-4-6-14(7-5-13)18(2)15(19)16(12-17)8-10-20-11-9-16/h13-14H,3-12,17H2,1-2H3. The zero-order chi connectivity index (χ0) is 14.6. The molecule has 4 nitrogen and oxygen atoms in total. The first-order valence-corrected chi connectivity index (χ1v) is 8.18. The van der Waals surface area contributed by atoms with E-state index >= 15 is 0 Å². The molecule has 4 heteroatoms. The zero-order valence-corrected chi connectivity index (χ0v) is 13.1. The van der Waals surface area contributed by atoms with E-state index in [-0.39, 0.29) is 11.3 Å². The molecule has 2 fully saturated rings. The maximum Gasteiger partial charge on any atom is 0.230 e. The molecule has 1 saturated heterocycles. The number of nitrogens with zero attached hydrogens (tertiary/aromatic N) is 1. The molecule has 0 spiro atoms. The molecule has 0 aromatic heterocycles. The Hall–Kier alpha value is -0.610. The number of hydrogen-bond donors (Lipinski definition) is 1. The highest BCUT2D eigenvalue weighted by atomic mass is 16.5. The Bertz CT molecular complexity index is 318. The molecule has 0 aromatic rings. The Morgan fingerprint density at radius 3 is 2.35 bits per heavy atom. The van der Waals surface area contributed by atoms with Gasteiger partial charge in [-0.1, -0.05) is 13.3 Å². The lowest BCUT2D eigenvalue weighted by Gasteiger charge is -2.42. The van der Waals surface area contributed by atoms with Gasteiger partial charge in [-0.15, -0.1) is 0 Å². The smallest absolute Gasteiger partial charge is 0.230 e. The van der Waals surface area contributed by atoms with E-state index in [1.165, 1.54) is 19.3 Å². The van der Waals surface area contributed by atoms with Gasteiger partial charge >= 0.3 is 0 Å². The molecule has 0 unspecified atom stereocenters. The summed E-state index contributed by atoms with van der Waals surface area (Å²) in [4.78, 5) is 14.9. The van der Waals surface area contributed by atoms with Gasteiger partial charge in [-0.2, -0.15) is 0 Å². The molecular formula is C16H30N2O2. The largest absolute Gasteiger partial charge is 0.381 e. The first kappa shape index (κ1) is 15.8. The lowest BCUT2D eigenvalue weighted by Crippen LogP contribution is -2.52. The molecular weight excluding hydrogens is 252 g/mol. The van der Waals surface area contributed by atoms with Crippen molar-refractivity contribution < 1.29 is 9.53 Å². The zero-order valence-electron chi connectivity index (χ0n) is 13.1. The summed E-state index contributed by atoms with van der Waals surface area (Å²) in [5, 5.41) is 0. The fraction of sp³-hybridized carbons (Fsp3) is 0.938. The minimum Gasteiger partial charge on any atom is -0.381 e. The molecule has 0 atom stereocenters. The average molecular weight is 282 g/mol. The summed E-state index contributed by atoms with van der Waals surface area (Å²) in [5.41, 5.74) is 5.58. The second-order valence-electron chi connectivity index (χ2n) is 6.60. The van der Waals surface area contributed by atoms with Crippen LogP contribution in [0.25, 0.3) is 0 Å². The van der Waals surface area contributed by atoms with Crippen molar-refractivity contribution in [3.8, 4) is 0 Å². The minimum absolute atomic E-state index is 0.253. The van der Waals surface area contributed by atoms with E-state index in [2.05, 4.69) is 6.92 Å². The van der Waals surface area contributed by atoms with E-state index in [0.29, 0.717) is 25.8 Å². The topological polar surface area (TPSA) is 55.6 Å². The Labute approximate surface area is 123 Å². The lowest BCUT2D eigenvalue weighted by molar-refractivity contribution is -0.148. The SMILES string of the molecule is CCC1CCC(N(C)C(=O)C2(CN)CCOCC2)CC1. The third kappa shape index (κ3) is 3.17. The van der Waals surface area contributed by atoms with Crippen LogP contribution < -0.4 is 5.73 Å². The second kappa shape index (κ2) is 6.90. The lowest BCUT2D eigenvalue weighted by atomic mass is 9.77. The fourth-order valence-electron chi connectivity index (χ4n) is 3.75. The first-order valence-electron chi connectivity index (χ1n) is 8.18. The number of carbonyl (C=O) groups is 1. The molecule has 0 radical (unpaired) electrons. The van der Waals surface area contributed by atoms with E-state index < -0.39 is 0 Å². The maximum atomic E-state index is 12.9. The first-order chi connectivity index (χ1) is 9.63. The Morgan fingerprint density at radius 1 is 1.25 bits per heavy atom. The third-order valence-electron chi connectivity index (χ3n) is 5.56. The Kier molecular flexibility index (Phi) is 5.44. The number of nitrogens with two attached hydrogens (primary N) is 1. The van der Waals surface area contributed by atoms with Crippen molar-refractivity contribution in [1.82, 2.24) is 4.90 Å². The molecule has 1 amide bonds. The van der Waals surface area contributed by atoms with Gasteiger partial charge in [0.05, 0.1) is 5.41 Å². The number of hydrogen-bond acceptors (Lipinski definition) is 3. The van der Waals surface area contributed by atoms with Crippen molar-refractivity contribution in [3.63, 3.8) is 0 Å². The number of amides is 1. The Morgan fingerprint density at radius 2 is 1.85 bits per heavy atom. The van der Waals surface area contributed by atoms with Crippen LogP contribution in [0.2, 0.25) is 0 Å². The predicted octanol–water partition coefficient (Wildman–Crippen LogP) is 2.17. The van der Waals surface area contributed by atoms with Gasteiger partial charge in [0.15, 0.2) is 0 Å². The van der Waals surface area contributed by atoms with Crippen molar-refractivity contribution in [2.75, 3.05) is 26.8 Å². The summed E-state index contributed by atoms with van der Waals surface area (Å²) < 4.78 is 5.40. The normalized spacial score (nSPS) is 29.9. The van der Waals surface area contributed by atoms with Crippen molar-refractivity contribution in [2.24, 2.45) is 17.1 Å². The molecule has 1 heterocycles. The van der Waals surface area contributed by atoms with Crippen LogP contribution in [0, 0.1) is 11.3 Å². The van der Waals surface area contributed by atoms with Crippen molar-refractivity contribution in [3.05, 3.63) is 0 Å². The molecule has 2 aliphatic rings. The third-order valence-corrected chi connectivity index (χ3v) is 5.56. The van der Waals surface area contributed by atoms with Crippen molar-refractivity contribution >= 4 is 5.91 Å². The number of carbonyl (C=O) groups excluding carboxylic acids is 1. The van der Waals surface area contributed by atoms with Gasteiger partial charge < -0.3 is 15.4 Å². The Balaban J connectivity index is 1.97. The summed E-state index contributed by atoms with van der Waals surface area (Å²) in [6, 6.07) is 0.413. The number of rotatable bonds is 4. The van der Waals surface area contributed by atoms with Crippen LogP contribution in [-0.2, 0) is 9.53 Å². The van der Waals surface area contributed by atoms with Gasteiger partial charge in [0.25, 0.3) is 0 Å². The summed E-state index contributed by atoms with van der Waals surface area (Å²) in [6.07, 6.45) is 7.65. The van der Waals surface area contributed by atoms with Crippen LogP contribution in [0.3, 0.4) is 0 Å². The molecule has 1 aliphatic carbocycles. The van der Waals surface area contributed by atoms with Crippen LogP contribution in [-0.4, -0.2) is 43.7 Å². The maximum absolute atomic E-state index is 12.9. The molecule has 0 bridgehead atoms. The van der Waals surface area contributed by atoms with Crippen LogP contribution in [0.4, 0.5) is 0 Å². The highest BCUT2D eigenvalue weighted by Crippen LogP contribution is 2.35. The predicted molar refractivity (Wildman–Crippen MR) is 80.3 cm³/mol. The van der Waals surface area contributed by atoms with E-state index in [0.717, 1.165) is 31.6 Å². The molecule has 2 N–H and O–H groups in total. The van der Waals surface area contributed by atoms with E-state index in [1.54, 1.807) is 0 Å². The van der Waals surface area contributed by atoms with Crippen LogP contribution in [0.1, 0.15) is 51.9 Å². The van der Waals surface area contributed by atoms with Gasteiger partial charge in [0.2, 0.25) is 5.91 Å². The van der Waals surface area contributed by atoms with E-state index in [4.69, 9.17) is 10.5 Å². The van der Waals surface area contributed by atoms with E-state index in [1.807, 2.05) is 11.9 Å². The summed E-state index contributed by atoms with van der Waals surface area (Å²) in [5.74, 6) is 1.12. The molecule has 1 aliphatic heterocycles. The fourth-order valence-corrected chi connectivity index (χ4v) is 3.75. The number of ether oxygens (including phenoxy) is 1. The van der Waals surface area contributed by atoms with Gasteiger partial charge in [-0.25, -0.2) is 0 Å². The summed E-state index contributed by atoms with van der Waals surface area (Å²) in [7, 11) is 1.98.